The van der Waals surface area contributed by atoms with E-state index < -0.39 is 5.41 Å². The molecule has 0 bridgehead atoms. The van der Waals surface area contributed by atoms with Crippen LogP contribution in [-0.4, -0.2) is 10.4 Å². The zero-order chi connectivity index (χ0) is 36.8. The predicted octanol–water partition coefficient (Wildman–Crippen LogP) is 12.8. The third kappa shape index (κ3) is 5.33. The smallest absolute Gasteiger partial charge is 0.173 e. The summed E-state index contributed by atoms with van der Waals surface area (Å²) in [5.74, 6) is 0.155. The molecule has 1 aliphatic rings. The molecule has 0 aliphatic heterocycles. The third-order valence-electron chi connectivity index (χ3n) is 11.1. The van der Waals surface area contributed by atoms with Gasteiger partial charge in [0.05, 0.1) is 23.0 Å². The Labute approximate surface area is 320 Å². The fraction of sp³-hybridized carbons (Fsp3) is 0.0392. The molecule has 1 heterocycles. The second-order valence-corrected chi connectivity index (χ2v) is 14.2. The molecule has 0 spiro atoms. The number of nitrogens with one attached hydrogen (secondary N) is 1. The average molecular weight is 705 g/mol. The summed E-state index contributed by atoms with van der Waals surface area (Å²) < 4.78 is 2.42. The van der Waals surface area contributed by atoms with E-state index in [9.17, 15) is 0 Å². The van der Waals surface area contributed by atoms with Crippen molar-refractivity contribution >= 4 is 27.6 Å². The number of azo groups is 1. The van der Waals surface area contributed by atoms with Crippen molar-refractivity contribution in [3.8, 4) is 27.9 Å². The topological polar surface area (TPSA) is 53.5 Å². The molecule has 0 unspecified atom stereocenters. The number of hydrogen-bond acceptors (Lipinski definition) is 2. The summed E-state index contributed by atoms with van der Waals surface area (Å²) in [7, 11) is 0. The van der Waals surface area contributed by atoms with Crippen LogP contribution in [0.4, 0.5) is 0 Å². The SMILES string of the molecule is N=C(N=NCc1cccc(-n2c3cc(-c4ccccc4)ccc3c3cc4c(cc32)C(c2ccccc2)(c2ccccc2)c2ccccc2-4)c1)c1ccccc1. The van der Waals surface area contributed by atoms with Gasteiger partial charge in [0.25, 0.3) is 0 Å². The van der Waals surface area contributed by atoms with Crippen LogP contribution in [-0.2, 0) is 12.0 Å². The lowest BCUT2D eigenvalue weighted by Crippen LogP contribution is -2.28. The van der Waals surface area contributed by atoms with Gasteiger partial charge in [0.1, 0.15) is 0 Å². The first-order valence-corrected chi connectivity index (χ1v) is 18.7. The van der Waals surface area contributed by atoms with Gasteiger partial charge in [-0.3, -0.25) is 5.41 Å². The van der Waals surface area contributed by atoms with Crippen LogP contribution in [0.1, 0.15) is 33.4 Å². The van der Waals surface area contributed by atoms with Crippen molar-refractivity contribution in [3.63, 3.8) is 0 Å². The molecule has 9 aromatic rings. The largest absolute Gasteiger partial charge is 0.309 e. The summed E-state index contributed by atoms with van der Waals surface area (Å²) in [4.78, 5) is 0. The Morgan fingerprint density at radius 2 is 1.13 bits per heavy atom. The fourth-order valence-electron chi connectivity index (χ4n) is 8.68. The van der Waals surface area contributed by atoms with Gasteiger partial charge in [0, 0.05) is 22.0 Å². The Hall–Kier alpha value is -7.17. The Bertz CT molecular complexity index is 2850. The van der Waals surface area contributed by atoms with Crippen LogP contribution in [0.2, 0.25) is 0 Å². The number of fused-ring (bicyclic) bond motifs is 6. The Morgan fingerprint density at radius 3 is 1.85 bits per heavy atom. The molecule has 0 saturated heterocycles. The molecule has 4 heteroatoms. The van der Waals surface area contributed by atoms with Crippen molar-refractivity contribution in [3.05, 3.63) is 234 Å². The molecule has 0 atom stereocenters. The maximum absolute atomic E-state index is 8.42. The lowest BCUT2D eigenvalue weighted by molar-refractivity contribution is 0.769. The van der Waals surface area contributed by atoms with Gasteiger partial charge in [-0.15, -0.1) is 5.11 Å². The zero-order valence-corrected chi connectivity index (χ0v) is 30.1. The molecular weight excluding hydrogens is 669 g/mol. The highest BCUT2D eigenvalue weighted by Gasteiger charge is 2.46. The second kappa shape index (κ2) is 13.4. The minimum absolute atomic E-state index is 0.155. The van der Waals surface area contributed by atoms with E-state index in [1.54, 1.807) is 0 Å². The maximum Gasteiger partial charge on any atom is 0.173 e. The Morgan fingerprint density at radius 1 is 0.491 bits per heavy atom. The molecule has 1 aromatic heterocycles. The molecule has 4 nitrogen and oxygen atoms in total. The summed E-state index contributed by atoms with van der Waals surface area (Å²) in [6, 6.07) is 71.4. The minimum atomic E-state index is -0.509. The summed E-state index contributed by atoms with van der Waals surface area (Å²) in [5, 5.41) is 19.6. The minimum Gasteiger partial charge on any atom is -0.309 e. The number of rotatable bonds is 7. The molecule has 0 fully saturated rings. The van der Waals surface area contributed by atoms with E-state index in [1.807, 2.05) is 30.3 Å². The number of nitrogens with zero attached hydrogens (tertiary/aromatic N) is 3. The van der Waals surface area contributed by atoms with Crippen LogP contribution in [0.25, 0.3) is 49.7 Å². The van der Waals surface area contributed by atoms with Crippen LogP contribution < -0.4 is 0 Å². The van der Waals surface area contributed by atoms with Gasteiger partial charge >= 0.3 is 0 Å². The lowest BCUT2D eigenvalue weighted by atomic mass is 9.67. The van der Waals surface area contributed by atoms with E-state index in [-0.39, 0.29) is 5.84 Å². The summed E-state index contributed by atoms with van der Waals surface area (Å²) >= 11 is 0. The predicted molar refractivity (Wildman–Crippen MR) is 225 cm³/mol. The number of amidine groups is 1. The molecule has 8 aromatic carbocycles. The van der Waals surface area contributed by atoms with Crippen molar-refractivity contribution < 1.29 is 0 Å². The van der Waals surface area contributed by atoms with Gasteiger partial charge < -0.3 is 4.57 Å². The van der Waals surface area contributed by atoms with E-state index in [1.165, 1.54) is 55.3 Å². The molecule has 260 valence electrons. The third-order valence-corrected chi connectivity index (χ3v) is 11.1. The molecule has 1 aliphatic carbocycles. The van der Waals surface area contributed by atoms with Crippen molar-refractivity contribution in [2.75, 3.05) is 0 Å². The van der Waals surface area contributed by atoms with Gasteiger partial charge in [0.2, 0.25) is 0 Å². The number of hydrogen-bond donors (Lipinski definition) is 1. The molecule has 0 amide bonds. The molecule has 55 heavy (non-hydrogen) atoms. The molecule has 1 N–H and O–H groups in total. The normalized spacial score (nSPS) is 12.9. The van der Waals surface area contributed by atoms with Crippen LogP contribution in [0.5, 0.6) is 0 Å². The number of benzene rings is 8. The highest BCUT2D eigenvalue weighted by molar-refractivity contribution is 6.13. The van der Waals surface area contributed by atoms with Gasteiger partial charge in [-0.05, 0) is 80.4 Å². The fourth-order valence-corrected chi connectivity index (χ4v) is 8.68. The standard InChI is InChI=1S/C51H36N4/c52-50(37-19-7-2-8-20-37)54-53-34-35-16-15-25-41(30-35)55-48-31-38(36-17-5-1-6-18-36)28-29-43(48)45-32-44-42-26-13-14-27-46(42)51(47(44)33-49(45)55,39-21-9-3-10-22-39)40-23-11-4-12-24-40/h1-33,52H,34H2. The van der Waals surface area contributed by atoms with Gasteiger partial charge in [-0.1, -0.05) is 170 Å². The first-order valence-electron chi connectivity index (χ1n) is 18.7. The maximum atomic E-state index is 8.42. The Kier molecular flexibility index (Phi) is 7.88. The van der Waals surface area contributed by atoms with Crippen molar-refractivity contribution in [2.24, 2.45) is 10.2 Å². The second-order valence-electron chi connectivity index (χ2n) is 14.2. The average Bonchev–Trinajstić information content (AvgIpc) is 3.73. The Balaban J connectivity index is 1.22. The van der Waals surface area contributed by atoms with E-state index >= 15 is 0 Å². The molecular formula is C51H36N4. The van der Waals surface area contributed by atoms with Crippen LogP contribution in [0, 0.1) is 5.41 Å². The van der Waals surface area contributed by atoms with Crippen molar-refractivity contribution in [2.45, 2.75) is 12.0 Å². The van der Waals surface area contributed by atoms with Gasteiger partial charge in [0.15, 0.2) is 5.84 Å². The summed E-state index contributed by atoms with van der Waals surface area (Å²) in [5.41, 5.74) is 14.5. The molecule has 10 rings (SSSR count). The zero-order valence-electron chi connectivity index (χ0n) is 30.1. The van der Waals surface area contributed by atoms with E-state index in [0.717, 1.165) is 27.8 Å². The van der Waals surface area contributed by atoms with Crippen LogP contribution >= 0.6 is 0 Å². The van der Waals surface area contributed by atoms with Crippen LogP contribution in [0.15, 0.2) is 210 Å². The van der Waals surface area contributed by atoms with Crippen molar-refractivity contribution in [1.29, 1.82) is 5.41 Å². The summed E-state index contributed by atoms with van der Waals surface area (Å²) in [6.07, 6.45) is 0. The highest BCUT2D eigenvalue weighted by Crippen LogP contribution is 2.57. The highest BCUT2D eigenvalue weighted by atomic mass is 15.1. The molecule has 0 saturated carbocycles. The monoisotopic (exact) mass is 704 g/mol. The lowest BCUT2D eigenvalue weighted by Gasteiger charge is -2.34. The first-order chi connectivity index (χ1) is 27.2. The van der Waals surface area contributed by atoms with Crippen molar-refractivity contribution in [1.82, 2.24) is 4.57 Å². The van der Waals surface area contributed by atoms with E-state index in [4.69, 9.17) is 5.41 Å². The van der Waals surface area contributed by atoms with Gasteiger partial charge in [-0.25, -0.2) is 0 Å². The summed E-state index contributed by atoms with van der Waals surface area (Å²) in [6.45, 7) is 0.366. The number of aromatic nitrogens is 1. The molecule has 0 radical (unpaired) electrons. The van der Waals surface area contributed by atoms with E-state index in [0.29, 0.717) is 6.54 Å². The van der Waals surface area contributed by atoms with Gasteiger partial charge in [-0.2, -0.15) is 5.11 Å². The quantitative estimate of drug-likeness (QED) is 0.0975. The van der Waals surface area contributed by atoms with Crippen LogP contribution in [0.3, 0.4) is 0 Å². The van der Waals surface area contributed by atoms with E-state index in [2.05, 4.69) is 185 Å². The first kappa shape index (κ1) is 32.5.